The molecule has 1 aliphatic heterocycles. The molecule has 2 aromatic carbocycles. The van der Waals surface area contributed by atoms with Crippen LogP contribution in [0, 0.1) is 5.82 Å². The summed E-state index contributed by atoms with van der Waals surface area (Å²) in [6, 6.07) is 11.9. The van der Waals surface area contributed by atoms with Crippen molar-refractivity contribution in [2.75, 3.05) is 23.3 Å². The average Bonchev–Trinajstić information content (AvgIpc) is 2.95. The molecule has 4 rings (SSSR count). The smallest absolute Gasteiger partial charge is 0.326 e. The van der Waals surface area contributed by atoms with Gasteiger partial charge in [0.25, 0.3) is 5.91 Å². The number of benzene rings is 2. The first-order valence-corrected chi connectivity index (χ1v) is 15.1. The van der Waals surface area contributed by atoms with Gasteiger partial charge in [-0.25, -0.2) is 22.8 Å². The number of amides is 1. The molecule has 224 valence electrons. The van der Waals surface area contributed by atoms with Crippen molar-refractivity contribution in [1.82, 2.24) is 20.0 Å². The van der Waals surface area contributed by atoms with Gasteiger partial charge in [-0.3, -0.25) is 9.59 Å². The maximum absolute atomic E-state index is 15.4. The standard InChI is InChI=1S/C29H35FN6O5S/c1-29(2,3)41-27(38)23(35-42(39,40)21-10-5-4-6-11-21)19-33-26(37)20-13-14-24(22(30)18-20)36-17-8-7-12-25(36)34-28-31-15-9-16-32-28/h4-6,9-11,13-16,18,23,25,35H,7-8,12,17,19H2,1-3H3,(H,33,37)(H,31,32,34)/t23-,25-/m0/s1. The van der Waals surface area contributed by atoms with E-state index in [-0.39, 0.29) is 16.6 Å². The SMILES string of the molecule is CC(C)(C)OC(=O)[C@H](CNC(=O)c1ccc(N2CCCC[C@H]2Nc2ncccn2)c(F)c1)NS(=O)(=O)c1ccccc1. The van der Waals surface area contributed by atoms with Crippen molar-refractivity contribution in [2.45, 2.75) is 62.7 Å². The number of carbonyl (C=O) groups is 2. The Hall–Kier alpha value is -4.10. The number of rotatable bonds is 10. The van der Waals surface area contributed by atoms with Crippen LogP contribution in [0.25, 0.3) is 0 Å². The molecule has 1 aliphatic rings. The quantitative estimate of drug-likeness (QED) is 0.299. The summed E-state index contributed by atoms with van der Waals surface area (Å²) in [6.07, 6.45) is 5.59. The van der Waals surface area contributed by atoms with Crippen LogP contribution >= 0.6 is 0 Å². The third kappa shape index (κ3) is 8.23. The fraction of sp³-hybridized carbons (Fsp3) is 0.379. The molecule has 42 heavy (non-hydrogen) atoms. The fourth-order valence-corrected chi connectivity index (χ4v) is 5.68. The monoisotopic (exact) mass is 598 g/mol. The zero-order valence-electron chi connectivity index (χ0n) is 23.7. The highest BCUT2D eigenvalue weighted by atomic mass is 32.2. The predicted molar refractivity (Wildman–Crippen MR) is 156 cm³/mol. The molecule has 3 N–H and O–H groups in total. The van der Waals surface area contributed by atoms with E-state index in [9.17, 15) is 18.0 Å². The molecule has 11 nitrogen and oxygen atoms in total. The number of anilines is 2. The number of aromatic nitrogens is 2. The van der Waals surface area contributed by atoms with Crippen LogP contribution in [0.15, 0.2) is 71.9 Å². The number of ether oxygens (including phenoxy) is 1. The summed E-state index contributed by atoms with van der Waals surface area (Å²) in [5.74, 6) is -1.71. The van der Waals surface area contributed by atoms with Crippen molar-refractivity contribution in [3.63, 3.8) is 0 Å². The lowest BCUT2D eigenvalue weighted by molar-refractivity contribution is -0.156. The Morgan fingerprint density at radius 1 is 1.07 bits per heavy atom. The van der Waals surface area contributed by atoms with E-state index in [0.29, 0.717) is 18.2 Å². The second-order valence-electron chi connectivity index (χ2n) is 10.8. The van der Waals surface area contributed by atoms with Crippen LogP contribution < -0.4 is 20.3 Å². The van der Waals surface area contributed by atoms with E-state index in [0.717, 1.165) is 25.3 Å². The summed E-state index contributed by atoms with van der Waals surface area (Å²) in [7, 11) is -4.11. The molecule has 1 amide bonds. The molecule has 2 atom stereocenters. The van der Waals surface area contributed by atoms with Gasteiger partial charge in [0.15, 0.2) is 0 Å². The molecule has 1 saturated heterocycles. The first-order chi connectivity index (χ1) is 19.9. The highest BCUT2D eigenvalue weighted by Crippen LogP contribution is 2.28. The Labute approximate surface area is 244 Å². The molecule has 0 bridgehead atoms. The van der Waals surface area contributed by atoms with E-state index in [4.69, 9.17) is 4.74 Å². The Kier molecular flexibility index (Phi) is 9.74. The highest BCUT2D eigenvalue weighted by Gasteiger charge is 2.31. The summed E-state index contributed by atoms with van der Waals surface area (Å²) in [4.78, 5) is 36.1. The van der Waals surface area contributed by atoms with Crippen molar-refractivity contribution in [2.24, 2.45) is 0 Å². The number of hydrogen-bond acceptors (Lipinski definition) is 9. The van der Waals surface area contributed by atoms with Gasteiger partial charge < -0.3 is 20.3 Å². The molecular weight excluding hydrogens is 563 g/mol. The van der Waals surface area contributed by atoms with Gasteiger partial charge >= 0.3 is 5.97 Å². The molecular formula is C29H35FN6O5S. The number of sulfonamides is 1. The molecule has 0 unspecified atom stereocenters. The number of nitrogens with zero attached hydrogens (tertiary/aromatic N) is 3. The van der Waals surface area contributed by atoms with E-state index in [1.807, 2.05) is 4.90 Å². The van der Waals surface area contributed by atoms with Crippen molar-refractivity contribution in [1.29, 1.82) is 0 Å². The molecule has 0 spiro atoms. The molecule has 0 aliphatic carbocycles. The molecule has 0 saturated carbocycles. The minimum absolute atomic E-state index is 0.0121. The molecule has 2 heterocycles. The van der Waals surface area contributed by atoms with E-state index < -0.39 is 45.9 Å². The Morgan fingerprint density at radius 2 is 1.79 bits per heavy atom. The third-order valence-electron chi connectivity index (χ3n) is 6.39. The third-order valence-corrected chi connectivity index (χ3v) is 7.88. The first-order valence-electron chi connectivity index (χ1n) is 13.6. The maximum atomic E-state index is 15.4. The number of nitrogens with one attached hydrogen (secondary N) is 3. The summed E-state index contributed by atoms with van der Waals surface area (Å²) < 4.78 is 48.9. The van der Waals surface area contributed by atoms with E-state index >= 15 is 4.39 Å². The Morgan fingerprint density at radius 3 is 2.45 bits per heavy atom. The zero-order chi connectivity index (χ0) is 30.3. The summed E-state index contributed by atoms with van der Waals surface area (Å²) >= 11 is 0. The first kappa shape index (κ1) is 30.8. The van der Waals surface area contributed by atoms with E-state index in [1.165, 1.54) is 24.3 Å². The molecule has 13 heteroatoms. The molecule has 1 fully saturated rings. The number of hydrogen-bond donors (Lipinski definition) is 3. The minimum atomic E-state index is -4.11. The summed E-state index contributed by atoms with van der Waals surface area (Å²) in [5.41, 5.74) is -0.565. The average molecular weight is 599 g/mol. The van der Waals surface area contributed by atoms with Gasteiger partial charge in [0.1, 0.15) is 23.6 Å². The van der Waals surface area contributed by atoms with Gasteiger partial charge in [0.05, 0.1) is 10.6 Å². The van der Waals surface area contributed by atoms with E-state index in [1.54, 1.807) is 57.4 Å². The van der Waals surface area contributed by atoms with Crippen LogP contribution in [0.2, 0.25) is 0 Å². The van der Waals surface area contributed by atoms with Crippen molar-refractivity contribution in [3.05, 3.63) is 78.4 Å². The Balaban J connectivity index is 1.47. The van der Waals surface area contributed by atoms with Crippen LogP contribution in [0.4, 0.5) is 16.0 Å². The summed E-state index contributed by atoms with van der Waals surface area (Å²) in [5, 5.41) is 5.77. The van der Waals surface area contributed by atoms with Crippen LogP contribution in [-0.2, 0) is 19.6 Å². The predicted octanol–water partition coefficient (Wildman–Crippen LogP) is 3.46. The van der Waals surface area contributed by atoms with Crippen LogP contribution in [0.3, 0.4) is 0 Å². The Bertz CT molecular complexity index is 1490. The normalized spacial score (nSPS) is 16.4. The highest BCUT2D eigenvalue weighted by molar-refractivity contribution is 7.89. The molecule has 1 aromatic heterocycles. The second kappa shape index (κ2) is 13.3. The molecule has 3 aromatic rings. The van der Waals surface area contributed by atoms with Crippen LogP contribution in [0.1, 0.15) is 50.4 Å². The zero-order valence-corrected chi connectivity index (χ0v) is 24.5. The van der Waals surface area contributed by atoms with Crippen molar-refractivity contribution < 1.29 is 27.1 Å². The fourth-order valence-electron chi connectivity index (χ4n) is 4.47. The molecule has 0 radical (unpaired) electrons. The van der Waals surface area contributed by atoms with Crippen LogP contribution in [-0.4, -0.2) is 61.2 Å². The lowest BCUT2D eigenvalue weighted by Crippen LogP contribution is -2.50. The van der Waals surface area contributed by atoms with Gasteiger partial charge in [-0.15, -0.1) is 0 Å². The van der Waals surface area contributed by atoms with Crippen molar-refractivity contribution >= 4 is 33.5 Å². The largest absolute Gasteiger partial charge is 0.459 e. The number of piperidine rings is 1. The second-order valence-corrected chi connectivity index (χ2v) is 12.5. The van der Waals surface area contributed by atoms with Gasteiger partial charge in [0, 0.05) is 31.0 Å². The van der Waals surface area contributed by atoms with Gasteiger partial charge in [-0.2, -0.15) is 4.72 Å². The van der Waals surface area contributed by atoms with Crippen molar-refractivity contribution in [3.8, 4) is 0 Å². The topological polar surface area (TPSA) is 143 Å². The van der Waals surface area contributed by atoms with Crippen LogP contribution in [0.5, 0.6) is 0 Å². The lowest BCUT2D eigenvalue weighted by Gasteiger charge is -2.38. The lowest BCUT2D eigenvalue weighted by atomic mass is 10.1. The summed E-state index contributed by atoms with van der Waals surface area (Å²) in [6.45, 7) is 5.12. The van der Waals surface area contributed by atoms with Gasteiger partial charge in [0.2, 0.25) is 16.0 Å². The number of esters is 1. The van der Waals surface area contributed by atoms with E-state index in [2.05, 4.69) is 25.3 Å². The van der Waals surface area contributed by atoms with Gasteiger partial charge in [-0.05, 0) is 76.4 Å². The minimum Gasteiger partial charge on any atom is -0.459 e. The van der Waals surface area contributed by atoms with Gasteiger partial charge in [-0.1, -0.05) is 18.2 Å². The maximum Gasteiger partial charge on any atom is 0.326 e. The number of carbonyl (C=O) groups excluding carboxylic acids is 2. The number of halogens is 1.